The summed E-state index contributed by atoms with van der Waals surface area (Å²) in [6.07, 6.45) is 0. The second-order valence-electron chi connectivity index (χ2n) is 1.68. The van der Waals surface area contributed by atoms with Gasteiger partial charge in [-0.2, -0.15) is 0 Å². The van der Waals surface area contributed by atoms with Gasteiger partial charge in [0.25, 0.3) is 0 Å². The van der Waals surface area contributed by atoms with Crippen molar-refractivity contribution in [2.45, 2.75) is 0 Å². The highest BCUT2D eigenvalue weighted by Crippen LogP contribution is 2.22. The van der Waals surface area contributed by atoms with Crippen LogP contribution in [-0.2, 0) is 0 Å². The van der Waals surface area contributed by atoms with Crippen LogP contribution >= 0.6 is 61.1 Å². The van der Waals surface area contributed by atoms with Gasteiger partial charge in [-0.25, -0.2) is 4.39 Å². The Bertz CT molecular complexity index is 239. The van der Waals surface area contributed by atoms with Crippen LogP contribution < -0.4 is 0 Å². The summed E-state index contributed by atoms with van der Waals surface area (Å²) >= 11 is 7.28. The highest BCUT2D eigenvalue weighted by Gasteiger charge is 2.03. The molecule has 0 atom stereocenters. The Morgan fingerprint density at radius 2 is 1.90 bits per heavy atom. The van der Waals surface area contributed by atoms with Crippen LogP contribution in [-0.4, -0.2) is 0 Å². The van der Waals surface area contributed by atoms with E-state index in [0.717, 1.165) is 8.04 Å². The fourth-order valence-corrected chi connectivity index (χ4v) is 2.29. The Hall–Kier alpha value is 1.09. The molecule has 0 radical (unpaired) electrons. The normalized spacial score (nSPS) is 10.0. The molecule has 4 heteroatoms. The van der Waals surface area contributed by atoms with Crippen molar-refractivity contribution in [1.29, 1.82) is 0 Å². The van der Waals surface area contributed by atoms with Crippen molar-refractivity contribution < 1.29 is 4.39 Å². The Labute approximate surface area is 94.0 Å². The highest BCUT2D eigenvalue weighted by atomic mass is 127. The standard InChI is InChI=1S/C6H2BrFI2/c7-3-1-4(8)6(10)5(9)2-3/h1-2H. The molecule has 0 aliphatic carbocycles. The van der Waals surface area contributed by atoms with Crippen molar-refractivity contribution in [3.05, 3.63) is 29.6 Å². The fourth-order valence-electron chi connectivity index (χ4n) is 0.525. The van der Waals surface area contributed by atoms with E-state index in [0.29, 0.717) is 3.57 Å². The first-order chi connectivity index (χ1) is 4.61. The highest BCUT2D eigenvalue weighted by molar-refractivity contribution is 14.1. The summed E-state index contributed by atoms with van der Waals surface area (Å²) in [6.45, 7) is 0. The van der Waals surface area contributed by atoms with E-state index in [1.165, 1.54) is 6.07 Å². The lowest BCUT2D eigenvalue weighted by molar-refractivity contribution is 0.618. The van der Waals surface area contributed by atoms with Gasteiger partial charge in [0.2, 0.25) is 0 Å². The molecule has 0 saturated carbocycles. The predicted molar refractivity (Wildman–Crippen MR) is 59.5 cm³/mol. The summed E-state index contributed by atoms with van der Waals surface area (Å²) in [5, 5.41) is 0. The van der Waals surface area contributed by atoms with Crippen LogP contribution in [0.1, 0.15) is 0 Å². The van der Waals surface area contributed by atoms with Crippen molar-refractivity contribution >= 4 is 61.1 Å². The number of rotatable bonds is 0. The first kappa shape index (κ1) is 9.18. The number of halogens is 4. The first-order valence-electron chi connectivity index (χ1n) is 2.41. The average Bonchev–Trinajstić information content (AvgIpc) is 1.82. The summed E-state index contributed by atoms with van der Waals surface area (Å²) in [7, 11) is 0. The largest absolute Gasteiger partial charge is 0.206 e. The molecule has 1 rings (SSSR count). The quantitative estimate of drug-likeness (QED) is 0.336. The molecule has 0 aliphatic rings. The van der Waals surface area contributed by atoms with E-state index in [9.17, 15) is 4.39 Å². The van der Waals surface area contributed by atoms with Gasteiger partial charge in [-0.05, 0) is 57.3 Å². The zero-order valence-electron chi connectivity index (χ0n) is 4.67. The Morgan fingerprint density at radius 1 is 1.30 bits per heavy atom. The molecule has 0 bridgehead atoms. The van der Waals surface area contributed by atoms with E-state index < -0.39 is 0 Å². The van der Waals surface area contributed by atoms with Crippen LogP contribution in [0.15, 0.2) is 16.6 Å². The molecular weight excluding hydrogens is 425 g/mol. The third-order valence-corrected chi connectivity index (χ3v) is 4.39. The third-order valence-electron chi connectivity index (χ3n) is 0.949. The lowest BCUT2D eigenvalue weighted by Crippen LogP contribution is -1.85. The SMILES string of the molecule is Fc1cc(Br)cc(I)c1I. The molecule has 0 aliphatic heterocycles. The molecule has 0 heterocycles. The molecule has 0 aromatic heterocycles. The van der Waals surface area contributed by atoms with Gasteiger partial charge in [-0.3, -0.25) is 0 Å². The van der Waals surface area contributed by atoms with E-state index in [4.69, 9.17) is 0 Å². The monoisotopic (exact) mass is 426 g/mol. The van der Waals surface area contributed by atoms with Crippen molar-refractivity contribution in [1.82, 2.24) is 0 Å². The predicted octanol–water partition coefficient (Wildman–Crippen LogP) is 3.80. The molecule has 1 aromatic carbocycles. The van der Waals surface area contributed by atoms with Gasteiger partial charge in [0, 0.05) is 8.04 Å². The summed E-state index contributed by atoms with van der Waals surface area (Å²) in [5.41, 5.74) is 0. The van der Waals surface area contributed by atoms with E-state index in [1.54, 1.807) is 0 Å². The Morgan fingerprint density at radius 3 is 2.40 bits per heavy atom. The molecule has 1 aromatic rings. The maximum atomic E-state index is 12.8. The molecule has 0 spiro atoms. The Kier molecular flexibility index (Phi) is 3.36. The van der Waals surface area contributed by atoms with Crippen LogP contribution in [0.5, 0.6) is 0 Å². The molecule has 0 nitrogen and oxygen atoms in total. The second-order valence-corrected chi connectivity index (χ2v) is 4.84. The van der Waals surface area contributed by atoms with Gasteiger partial charge < -0.3 is 0 Å². The van der Waals surface area contributed by atoms with Gasteiger partial charge in [0.1, 0.15) is 5.82 Å². The molecule has 0 N–H and O–H groups in total. The van der Waals surface area contributed by atoms with Crippen LogP contribution in [0.25, 0.3) is 0 Å². The summed E-state index contributed by atoms with van der Waals surface area (Å²) < 4.78 is 15.2. The van der Waals surface area contributed by atoms with E-state index in [2.05, 4.69) is 38.5 Å². The first-order valence-corrected chi connectivity index (χ1v) is 5.36. The van der Waals surface area contributed by atoms with Crippen LogP contribution in [0.2, 0.25) is 0 Å². The lowest BCUT2D eigenvalue weighted by Gasteiger charge is -1.97. The summed E-state index contributed by atoms with van der Waals surface area (Å²) in [5.74, 6) is -0.167. The van der Waals surface area contributed by atoms with Gasteiger partial charge in [-0.15, -0.1) is 0 Å². The number of hydrogen-bond donors (Lipinski definition) is 0. The Balaban J connectivity index is 3.31. The van der Waals surface area contributed by atoms with E-state index >= 15 is 0 Å². The molecule has 0 fully saturated rings. The maximum absolute atomic E-state index is 12.8. The average molecular weight is 427 g/mol. The molecule has 0 unspecified atom stereocenters. The second kappa shape index (κ2) is 3.66. The topological polar surface area (TPSA) is 0 Å². The van der Waals surface area contributed by atoms with Gasteiger partial charge in [0.05, 0.1) is 3.57 Å². The molecule has 0 amide bonds. The lowest BCUT2D eigenvalue weighted by atomic mass is 10.4. The van der Waals surface area contributed by atoms with E-state index in [-0.39, 0.29) is 5.82 Å². The molecule has 0 saturated heterocycles. The summed E-state index contributed by atoms with van der Waals surface area (Å²) in [4.78, 5) is 0. The smallest absolute Gasteiger partial charge is 0.138 e. The minimum atomic E-state index is -0.167. The van der Waals surface area contributed by atoms with Crippen molar-refractivity contribution in [3.63, 3.8) is 0 Å². The van der Waals surface area contributed by atoms with Crippen LogP contribution in [0, 0.1) is 13.0 Å². The summed E-state index contributed by atoms with van der Waals surface area (Å²) in [6, 6.07) is 3.34. The van der Waals surface area contributed by atoms with Crippen molar-refractivity contribution in [3.8, 4) is 0 Å². The van der Waals surface area contributed by atoms with Crippen LogP contribution in [0.4, 0.5) is 4.39 Å². The third kappa shape index (κ3) is 2.04. The zero-order valence-corrected chi connectivity index (χ0v) is 10.6. The van der Waals surface area contributed by atoms with Gasteiger partial charge in [0.15, 0.2) is 0 Å². The van der Waals surface area contributed by atoms with Crippen LogP contribution in [0.3, 0.4) is 0 Å². The van der Waals surface area contributed by atoms with Gasteiger partial charge in [-0.1, -0.05) is 15.9 Å². The zero-order chi connectivity index (χ0) is 7.72. The number of benzene rings is 1. The molecule has 54 valence electrons. The van der Waals surface area contributed by atoms with Crippen molar-refractivity contribution in [2.24, 2.45) is 0 Å². The fraction of sp³-hybridized carbons (Fsp3) is 0. The van der Waals surface area contributed by atoms with E-state index in [1.807, 2.05) is 28.7 Å². The molecular formula is C6H2BrFI2. The molecule has 10 heavy (non-hydrogen) atoms. The van der Waals surface area contributed by atoms with Crippen molar-refractivity contribution in [2.75, 3.05) is 0 Å². The minimum absolute atomic E-state index is 0.167. The maximum Gasteiger partial charge on any atom is 0.138 e. The van der Waals surface area contributed by atoms with Gasteiger partial charge >= 0.3 is 0 Å². The number of hydrogen-bond acceptors (Lipinski definition) is 0. The minimum Gasteiger partial charge on any atom is -0.206 e.